The zero-order valence-corrected chi connectivity index (χ0v) is 13.7. The molecular formula is C21H19FO2. The van der Waals surface area contributed by atoms with E-state index in [2.05, 4.69) is 38.1 Å². The van der Waals surface area contributed by atoms with Gasteiger partial charge in [-0.2, -0.15) is 0 Å². The van der Waals surface area contributed by atoms with Crippen LogP contribution >= 0.6 is 0 Å². The maximum absolute atomic E-state index is 13.6. The van der Waals surface area contributed by atoms with Gasteiger partial charge in [0.2, 0.25) is 0 Å². The highest BCUT2D eigenvalue weighted by molar-refractivity contribution is 6.04. The van der Waals surface area contributed by atoms with Crippen LogP contribution in [0.4, 0.5) is 4.39 Å². The molecule has 0 radical (unpaired) electrons. The number of carboxylic acids is 1. The fraction of sp³-hybridized carbons (Fsp3) is 0.190. The molecule has 1 aliphatic rings. The third-order valence-corrected chi connectivity index (χ3v) is 4.24. The summed E-state index contributed by atoms with van der Waals surface area (Å²) >= 11 is 0. The Kier molecular flexibility index (Phi) is 4.34. The Bertz CT molecular complexity index is 843. The van der Waals surface area contributed by atoms with E-state index in [1.165, 1.54) is 17.7 Å². The fourth-order valence-electron chi connectivity index (χ4n) is 2.96. The summed E-state index contributed by atoms with van der Waals surface area (Å²) in [6.07, 6.45) is 3.74. The molecule has 0 saturated carbocycles. The van der Waals surface area contributed by atoms with Crippen LogP contribution in [0.25, 0.3) is 17.2 Å². The van der Waals surface area contributed by atoms with Crippen LogP contribution in [-0.2, 0) is 4.79 Å². The summed E-state index contributed by atoms with van der Waals surface area (Å²) in [6, 6.07) is 12.8. The number of fused-ring (bicyclic) bond motifs is 1. The molecule has 0 amide bonds. The standard InChI is InChI=1S/C21H19FO2/c1-13(2)15-5-3-14(4-6-15)9-16-10-17(11-21(23)24)20-12-18(22)7-8-19(16)20/h3-10,12-13H,11H2,1-2H3,(H,23,24)/b16-9+. The van der Waals surface area contributed by atoms with Gasteiger partial charge in [-0.15, -0.1) is 0 Å². The molecule has 3 heteroatoms. The van der Waals surface area contributed by atoms with Crippen molar-refractivity contribution in [3.8, 4) is 0 Å². The molecule has 2 aromatic carbocycles. The molecule has 0 unspecified atom stereocenters. The molecule has 0 saturated heterocycles. The Balaban J connectivity index is 2.01. The van der Waals surface area contributed by atoms with Crippen molar-refractivity contribution in [1.82, 2.24) is 0 Å². The number of aliphatic carboxylic acids is 1. The van der Waals surface area contributed by atoms with Crippen LogP contribution in [0.1, 0.15) is 48.4 Å². The first-order valence-electron chi connectivity index (χ1n) is 7.98. The van der Waals surface area contributed by atoms with Crippen molar-refractivity contribution in [1.29, 1.82) is 0 Å². The number of carboxylic acid groups (broad SMARTS) is 1. The molecule has 0 fully saturated rings. The zero-order chi connectivity index (χ0) is 17.3. The lowest BCUT2D eigenvalue weighted by atomic mass is 9.99. The van der Waals surface area contributed by atoms with Crippen molar-refractivity contribution in [3.05, 3.63) is 76.6 Å². The molecule has 0 heterocycles. The van der Waals surface area contributed by atoms with Crippen LogP contribution in [-0.4, -0.2) is 11.1 Å². The summed E-state index contributed by atoms with van der Waals surface area (Å²) in [7, 11) is 0. The molecule has 0 spiro atoms. The van der Waals surface area contributed by atoms with E-state index >= 15 is 0 Å². The van der Waals surface area contributed by atoms with Gasteiger partial charge in [0, 0.05) is 0 Å². The molecule has 1 N–H and O–H groups in total. The van der Waals surface area contributed by atoms with Gasteiger partial charge in [0.1, 0.15) is 5.82 Å². The topological polar surface area (TPSA) is 37.3 Å². The lowest BCUT2D eigenvalue weighted by Crippen LogP contribution is -1.96. The summed E-state index contributed by atoms with van der Waals surface area (Å²) in [4.78, 5) is 11.1. The largest absolute Gasteiger partial charge is 0.481 e. The number of hydrogen-bond acceptors (Lipinski definition) is 1. The molecule has 0 aliphatic heterocycles. The molecule has 2 nitrogen and oxygen atoms in total. The van der Waals surface area contributed by atoms with Gasteiger partial charge in [0.05, 0.1) is 6.42 Å². The second-order valence-corrected chi connectivity index (χ2v) is 6.35. The van der Waals surface area contributed by atoms with Gasteiger partial charge in [0.25, 0.3) is 0 Å². The molecule has 1 aliphatic carbocycles. The average Bonchev–Trinajstić information content (AvgIpc) is 2.84. The molecule has 122 valence electrons. The SMILES string of the molecule is CC(C)c1ccc(/C=C2\C=C(CC(=O)O)c3cc(F)ccc32)cc1. The van der Waals surface area contributed by atoms with Gasteiger partial charge in [0.15, 0.2) is 0 Å². The van der Waals surface area contributed by atoms with E-state index in [0.29, 0.717) is 17.1 Å². The first-order chi connectivity index (χ1) is 11.4. The Hall–Kier alpha value is -2.68. The Labute approximate surface area is 141 Å². The van der Waals surface area contributed by atoms with Crippen LogP contribution in [0.5, 0.6) is 0 Å². The maximum Gasteiger partial charge on any atom is 0.307 e. The molecular weight excluding hydrogens is 303 g/mol. The number of rotatable bonds is 4. The number of benzene rings is 2. The van der Waals surface area contributed by atoms with Gasteiger partial charge >= 0.3 is 5.97 Å². The minimum Gasteiger partial charge on any atom is -0.481 e. The van der Waals surface area contributed by atoms with Crippen molar-refractivity contribution in [3.63, 3.8) is 0 Å². The van der Waals surface area contributed by atoms with Crippen LogP contribution in [0.15, 0.2) is 48.5 Å². The van der Waals surface area contributed by atoms with Gasteiger partial charge in [-0.05, 0) is 63.6 Å². The molecule has 0 aromatic heterocycles. The fourth-order valence-corrected chi connectivity index (χ4v) is 2.96. The smallest absolute Gasteiger partial charge is 0.307 e. The van der Waals surface area contributed by atoms with E-state index in [4.69, 9.17) is 5.11 Å². The van der Waals surface area contributed by atoms with Crippen LogP contribution in [0, 0.1) is 5.82 Å². The molecule has 0 bridgehead atoms. The third kappa shape index (κ3) is 3.30. The summed E-state index contributed by atoms with van der Waals surface area (Å²) in [6.45, 7) is 4.30. The number of halogens is 1. The first kappa shape index (κ1) is 16.2. The van der Waals surface area contributed by atoms with E-state index < -0.39 is 5.97 Å². The van der Waals surface area contributed by atoms with E-state index in [-0.39, 0.29) is 12.2 Å². The first-order valence-corrected chi connectivity index (χ1v) is 7.98. The number of carbonyl (C=O) groups is 1. The van der Waals surface area contributed by atoms with E-state index in [0.717, 1.165) is 16.7 Å². The van der Waals surface area contributed by atoms with Crippen LogP contribution in [0.2, 0.25) is 0 Å². The van der Waals surface area contributed by atoms with Gasteiger partial charge in [-0.1, -0.05) is 44.2 Å². The lowest BCUT2D eigenvalue weighted by molar-refractivity contribution is -0.135. The van der Waals surface area contributed by atoms with E-state index in [9.17, 15) is 9.18 Å². The van der Waals surface area contributed by atoms with E-state index in [1.54, 1.807) is 6.07 Å². The Morgan fingerprint density at radius 3 is 2.46 bits per heavy atom. The second-order valence-electron chi connectivity index (χ2n) is 6.35. The summed E-state index contributed by atoms with van der Waals surface area (Å²) in [5, 5.41) is 9.07. The van der Waals surface area contributed by atoms with Crippen molar-refractivity contribution in [2.75, 3.05) is 0 Å². The average molecular weight is 322 g/mol. The van der Waals surface area contributed by atoms with Gasteiger partial charge in [-0.3, -0.25) is 4.79 Å². The maximum atomic E-state index is 13.6. The second kappa shape index (κ2) is 6.44. The van der Waals surface area contributed by atoms with Crippen molar-refractivity contribution < 1.29 is 14.3 Å². The Morgan fingerprint density at radius 1 is 1.12 bits per heavy atom. The highest BCUT2D eigenvalue weighted by Crippen LogP contribution is 2.38. The monoisotopic (exact) mass is 322 g/mol. The summed E-state index contributed by atoms with van der Waals surface area (Å²) < 4.78 is 13.6. The molecule has 3 rings (SSSR count). The number of hydrogen-bond donors (Lipinski definition) is 1. The molecule has 0 atom stereocenters. The minimum atomic E-state index is -0.918. The minimum absolute atomic E-state index is 0.111. The van der Waals surface area contributed by atoms with Crippen molar-refractivity contribution in [2.45, 2.75) is 26.2 Å². The van der Waals surface area contributed by atoms with Gasteiger partial charge in [-0.25, -0.2) is 4.39 Å². The normalized spacial score (nSPS) is 14.8. The third-order valence-electron chi connectivity index (χ3n) is 4.24. The van der Waals surface area contributed by atoms with E-state index in [1.807, 2.05) is 12.2 Å². The highest BCUT2D eigenvalue weighted by atomic mass is 19.1. The summed E-state index contributed by atoms with van der Waals surface area (Å²) in [5.41, 5.74) is 5.41. The van der Waals surface area contributed by atoms with Crippen molar-refractivity contribution >= 4 is 23.2 Å². The molecule has 24 heavy (non-hydrogen) atoms. The molecule has 2 aromatic rings. The lowest BCUT2D eigenvalue weighted by Gasteiger charge is -2.06. The zero-order valence-electron chi connectivity index (χ0n) is 13.7. The van der Waals surface area contributed by atoms with Crippen molar-refractivity contribution in [2.24, 2.45) is 0 Å². The van der Waals surface area contributed by atoms with Gasteiger partial charge < -0.3 is 5.11 Å². The quantitative estimate of drug-likeness (QED) is 0.822. The van der Waals surface area contributed by atoms with Crippen LogP contribution < -0.4 is 0 Å². The summed E-state index contributed by atoms with van der Waals surface area (Å²) in [5.74, 6) is -0.796. The Morgan fingerprint density at radius 2 is 1.83 bits per heavy atom. The number of allylic oxidation sites excluding steroid dienone is 2. The van der Waals surface area contributed by atoms with Crippen LogP contribution in [0.3, 0.4) is 0 Å². The predicted octanol–water partition coefficient (Wildman–Crippen LogP) is 5.36. The highest BCUT2D eigenvalue weighted by Gasteiger charge is 2.20. The predicted molar refractivity (Wildman–Crippen MR) is 95.0 cm³/mol.